The molecule has 2 aliphatic carbocycles. The van der Waals surface area contributed by atoms with E-state index in [9.17, 15) is 10.4 Å². The van der Waals surface area contributed by atoms with Crippen LogP contribution in [0.2, 0.25) is 0 Å². The monoisotopic (exact) mass is 255 g/mol. The molecule has 0 unspecified atom stereocenters. The number of hydrogen-bond acceptors (Lipinski definition) is 2. The van der Waals surface area contributed by atoms with Crippen molar-refractivity contribution in [1.29, 1.82) is 5.26 Å². The first-order valence-electron chi connectivity index (χ1n) is 7.38. The van der Waals surface area contributed by atoms with E-state index in [1.165, 1.54) is 5.56 Å². The van der Waals surface area contributed by atoms with Crippen LogP contribution in [0.5, 0.6) is 0 Å². The molecule has 0 heterocycles. The lowest BCUT2D eigenvalue weighted by atomic mass is 9.54. The molecule has 2 saturated carbocycles. The minimum absolute atomic E-state index is 0.436. The number of rotatable bonds is 2. The van der Waals surface area contributed by atoms with Crippen molar-refractivity contribution in [2.75, 3.05) is 0 Å². The molecule has 0 spiro atoms. The van der Waals surface area contributed by atoms with Gasteiger partial charge < -0.3 is 5.11 Å². The molecule has 19 heavy (non-hydrogen) atoms. The smallest absolute Gasteiger partial charge is 0.0860 e. The molecule has 0 saturated heterocycles. The van der Waals surface area contributed by atoms with Gasteiger partial charge in [-0.3, -0.25) is 0 Å². The summed E-state index contributed by atoms with van der Waals surface area (Å²) < 4.78 is 0. The van der Waals surface area contributed by atoms with Gasteiger partial charge in [-0.15, -0.1) is 0 Å². The summed E-state index contributed by atoms with van der Waals surface area (Å²) in [7, 11) is 0. The van der Waals surface area contributed by atoms with Crippen molar-refractivity contribution in [3.05, 3.63) is 35.9 Å². The van der Waals surface area contributed by atoms with Gasteiger partial charge in [-0.25, -0.2) is 0 Å². The van der Waals surface area contributed by atoms with E-state index < -0.39 is 11.0 Å². The largest absolute Gasteiger partial charge is 0.388 e. The Bertz CT molecular complexity index is 476. The van der Waals surface area contributed by atoms with Gasteiger partial charge >= 0.3 is 0 Å². The van der Waals surface area contributed by atoms with Crippen LogP contribution in [0.4, 0.5) is 0 Å². The summed E-state index contributed by atoms with van der Waals surface area (Å²) in [6, 6.07) is 13.0. The van der Waals surface area contributed by atoms with Gasteiger partial charge in [0.05, 0.1) is 17.1 Å². The van der Waals surface area contributed by atoms with E-state index in [2.05, 4.69) is 30.3 Å². The van der Waals surface area contributed by atoms with Gasteiger partial charge in [-0.2, -0.15) is 5.26 Å². The van der Waals surface area contributed by atoms with Crippen LogP contribution in [0, 0.1) is 16.7 Å². The molecule has 1 aromatic rings. The molecule has 0 aromatic heterocycles. The Morgan fingerprint density at radius 2 is 1.68 bits per heavy atom. The molecule has 2 fully saturated rings. The van der Waals surface area contributed by atoms with Gasteiger partial charge in [-0.05, 0) is 50.0 Å². The van der Waals surface area contributed by atoms with Gasteiger partial charge in [0.1, 0.15) is 0 Å². The SMILES string of the molecule is N#CC1(C2(O)CCC(c3ccccc3)CC2)CCC1. The van der Waals surface area contributed by atoms with E-state index >= 15 is 0 Å². The zero-order valence-electron chi connectivity index (χ0n) is 11.3. The molecule has 2 aliphatic rings. The second kappa shape index (κ2) is 4.65. The van der Waals surface area contributed by atoms with E-state index in [-0.39, 0.29) is 0 Å². The topological polar surface area (TPSA) is 44.0 Å². The summed E-state index contributed by atoms with van der Waals surface area (Å²) in [5, 5.41) is 20.3. The summed E-state index contributed by atoms with van der Waals surface area (Å²) in [5.41, 5.74) is 0.212. The maximum atomic E-state index is 10.9. The maximum absolute atomic E-state index is 10.9. The summed E-state index contributed by atoms with van der Waals surface area (Å²) in [4.78, 5) is 0. The third-order valence-electron chi connectivity index (χ3n) is 5.40. The van der Waals surface area contributed by atoms with Crippen LogP contribution in [0.3, 0.4) is 0 Å². The van der Waals surface area contributed by atoms with Gasteiger partial charge in [0.25, 0.3) is 0 Å². The minimum atomic E-state index is -0.731. The van der Waals surface area contributed by atoms with Crippen molar-refractivity contribution in [3.63, 3.8) is 0 Å². The van der Waals surface area contributed by atoms with E-state index in [0.29, 0.717) is 5.92 Å². The Morgan fingerprint density at radius 3 is 2.16 bits per heavy atom. The van der Waals surface area contributed by atoms with E-state index in [1.54, 1.807) is 0 Å². The second-order valence-electron chi connectivity index (χ2n) is 6.26. The van der Waals surface area contributed by atoms with Crippen LogP contribution in [-0.2, 0) is 0 Å². The third-order valence-corrected chi connectivity index (χ3v) is 5.40. The first-order valence-corrected chi connectivity index (χ1v) is 7.38. The summed E-state index contributed by atoms with van der Waals surface area (Å²) in [6.07, 6.45) is 6.43. The molecule has 100 valence electrons. The first-order chi connectivity index (χ1) is 9.19. The number of nitrogens with zero attached hydrogens (tertiary/aromatic N) is 1. The fourth-order valence-electron chi connectivity index (χ4n) is 3.84. The summed E-state index contributed by atoms with van der Waals surface area (Å²) >= 11 is 0. The lowest BCUT2D eigenvalue weighted by Crippen LogP contribution is -2.53. The van der Waals surface area contributed by atoms with Crippen LogP contribution in [0.15, 0.2) is 30.3 Å². The average Bonchev–Trinajstić information content (AvgIpc) is 2.40. The summed E-state index contributed by atoms with van der Waals surface area (Å²) in [6.45, 7) is 0. The molecular formula is C17H21NO. The van der Waals surface area contributed by atoms with E-state index in [0.717, 1.165) is 44.9 Å². The molecule has 2 heteroatoms. The third kappa shape index (κ3) is 1.97. The van der Waals surface area contributed by atoms with Gasteiger partial charge in [0.15, 0.2) is 0 Å². The van der Waals surface area contributed by atoms with E-state index in [1.807, 2.05) is 6.07 Å². The first kappa shape index (κ1) is 12.7. The van der Waals surface area contributed by atoms with Crippen molar-refractivity contribution in [2.24, 2.45) is 5.41 Å². The van der Waals surface area contributed by atoms with Crippen LogP contribution in [0.1, 0.15) is 56.4 Å². The molecule has 1 aromatic carbocycles. The number of benzene rings is 1. The quantitative estimate of drug-likeness (QED) is 0.874. The average molecular weight is 255 g/mol. The van der Waals surface area contributed by atoms with Crippen LogP contribution in [0.25, 0.3) is 0 Å². The predicted octanol–water partition coefficient (Wildman–Crippen LogP) is 3.77. The minimum Gasteiger partial charge on any atom is -0.388 e. The van der Waals surface area contributed by atoms with Crippen molar-refractivity contribution in [1.82, 2.24) is 0 Å². The normalized spacial score (nSPS) is 33.2. The molecule has 2 nitrogen and oxygen atoms in total. The van der Waals surface area contributed by atoms with Gasteiger partial charge in [0.2, 0.25) is 0 Å². The molecule has 0 bridgehead atoms. The van der Waals surface area contributed by atoms with Crippen LogP contribution >= 0.6 is 0 Å². The van der Waals surface area contributed by atoms with Gasteiger partial charge in [0, 0.05) is 0 Å². The second-order valence-corrected chi connectivity index (χ2v) is 6.26. The Balaban J connectivity index is 1.71. The van der Waals surface area contributed by atoms with Crippen molar-refractivity contribution >= 4 is 0 Å². The predicted molar refractivity (Wildman–Crippen MR) is 74.5 cm³/mol. The molecular weight excluding hydrogens is 234 g/mol. The van der Waals surface area contributed by atoms with Crippen LogP contribution < -0.4 is 0 Å². The zero-order valence-corrected chi connectivity index (χ0v) is 11.3. The fourth-order valence-corrected chi connectivity index (χ4v) is 3.84. The van der Waals surface area contributed by atoms with Crippen LogP contribution in [-0.4, -0.2) is 10.7 Å². The Morgan fingerprint density at radius 1 is 1.05 bits per heavy atom. The number of hydrogen-bond donors (Lipinski definition) is 1. The summed E-state index contributed by atoms with van der Waals surface area (Å²) in [5.74, 6) is 0.553. The standard InChI is InChI=1S/C17H21NO/c18-13-16(9-4-10-16)17(19)11-7-15(8-12-17)14-5-2-1-3-6-14/h1-3,5-6,15,19H,4,7-12H2. The highest BCUT2D eigenvalue weighted by molar-refractivity contribution is 5.23. The lowest BCUT2D eigenvalue weighted by Gasteiger charge is -2.51. The van der Waals surface area contributed by atoms with Crippen molar-refractivity contribution < 1.29 is 5.11 Å². The highest BCUT2D eigenvalue weighted by atomic mass is 16.3. The Kier molecular flexibility index (Phi) is 3.11. The Labute approximate surface area is 115 Å². The van der Waals surface area contributed by atoms with Crippen molar-refractivity contribution in [3.8, 4) is 6.07 Å². The zero-order chi connectivity index (χ0) is 13.3. The number of nitriles is 1. The molecule has 3 rings (SSSR count). The maximum Gasteiger partial charge on any atom is 0.0860 e. The van der Waals surface area contributed by atoms with E-state index in [4.69, 9.17) is 0 Å². The van der Waals surface area contributed by atoms with Crippen molar-refractivity contribution in [2.45, 2.75) is 56.5 Å². The molecule has 1 N–H and O–H groups in total. The highest BCUT2D eigenvalue weighted by Gasteiger charge is 2.55. The number of aliphatic hydroxyl groups is 1. The molecule has 0 radical (unpaired) electrons. The molecule has 0 aliphatic heterocycles. The lowest BCUT2D eigenvalue weighted by molar-refractivity contribution is -0.119. The fraction of sp³-hybridized carbons (Fsp3) is 0.588. The Hall–Kier alpha value is -1.33. The molecule has 0 atom stereocenters. The van der Waals surface area contributed by atoms with Gasteiger partial charge in [-0.1, -0.05) is 36.8 Å². The highest BCUT2D eigenvalue weighted by Crippen LogP contribution is 2.55. The molecule has 0 amide bonds.